The third kappa shape index (κ3) is 3.37. The van der Waals surface area contributed by atoms with Gasteiger partial charge in [0.1, 0.15) is 16.9 Å². The van der Waals surface area contributed by atoms with Gasteiger partial charge in [-0.2, -0.15) is 5.10 Å². The van der Waals surface area contributed by atoms with E-state index in [2.05, 4.69) is 21.0 Å². The maximum atomic E-state index is 14.2. The zero-order valence-corrected chi connectivity index (χ0v) is 15.7. The molecule has 0 amide bonds. The van der Waals surface area contributed by atoms with Crippen LogP contribution < -0.4 is 0 Å². The van der Waals surface area contributed by atoms with Crippen molar-refractivity contribution in [1.29, 1.82) is 0 Å². The zero-order chi connectivity index (χ0) is 19.1. The Balaban J connectivity index is 2.22. The van der Waals surface area contributed by atoms with Gasteiger partial charge in [-0.1, -0.05) is 28.1 Å². The molecule has 0 fully saturated rings. The molecule has 1 aromatic heterocycles. The number of hydrogen-bond donors (Lipinski definition) is 0. The van der Waals surface area contributed by atoms with Gasteiger partial charge in [-0.3, -0.25) is 10.1 Å². The van der Waals surface area contributed by atoms with Crippen molar-refractivity contribution in [3.05, 3.63) is 69.1 Å². The van der Waals surface area contributed by atoms with Gasteiger partial charge in [-0.25, -0.2) is 17.5 Å². The Kier molecular flexibility index (Phi) is 4.63. The van der Waals surface area contributed by atoms with Gasteiger partial charge in [0.25, 0.3) is 0 Å². The first kappa shape index (κ1) is 18.2. The van der Waals surface area contributed by atoms with E-state index in [0.29, 0.717) is 5.56 Å². The number of halogens is 2. The van der Waals surface area contributed by atoms with E-state index in [9.17, 15) is 22.9 Å². The van der Waals surface area contributed by atoms with E-state index in [4.69, 9.17) is 0 Å². The van der Waals surface area contributed by atoms with Crippen LogP contribution in [0.2, 0.25) is 0 Å². The number of sulfone groups is 1. The Morgan fingerprint density at radius 1 is 1.19 bits per heavy atom. The molecule has 10 heteroatoms. The minimum absolute atomic E-state index is 0.161. The normalized spacial score (nSPS) is 11.5. The van der Waals surface area contributed by atoms with Crippen LogP contribution in [0.15, 0.2) is 58.0 Å². The Labute approximate surface area is 156 Å². The quantitative estimate of drug-likeness (QED) is 0.455. The summed E-state index contributed by atoms with van der Waals surface area (Å²) >= 11 is 3.29. The molecule has 3 rings (SSSR count). The predicted molar refractivity (Wildman–Crippen MR) is 96.4 cm³/mol. The molecule has 1 heterocycles. The lowest BCUT2D eigenvalue weighted by Crippen LogP contribution is -2.05. The number of nitrogens with zero attached hydrogens (tertiary/aromatic N) is 3. The largest absolute Gasteiger partial charge is 0.315 e. The molecule has 0 aliphatic carbocycles. The van der Waals surface area contributed by atoms with Gasteiger partial charge in [0.05, 0.1) is 10.6 Å². The van der Waals surface area contributed by atoms with Crippen LogP contribution in [-0.4, -0.2) is 29.4 Å². The van der Waals surface area contributed by atoms with Crippen LogP contribution in [0.3, 0.4) is 0 Å². The van der Waals surface area contributed by atoms with Crippen LogP contribution in [0, 0.1) is 15.9 Å². The minimum Gasteiger partial charge on any atom is -0.258 e. The molecule has 7 nitrogen and oxygen atoms in total. The van der Waals surface area contributed by atoms with Crippen molar-refractivity contribution in [3.8, 4) is 16.9 Å². The highest BCUT2D eigenvalue weighted by atomic mass is 79.9. The second kappa shape index (κ2) is 6.61. The SMILES string of the molecule is CS(=O)(=O)c1ccc(-n2ncc([N+](=O)[O-])c2-c2ccc(Br)cc2)cc1F. The standard InChI is InChI=1S/C16H11BrFN3O4S/c1-26(24,25)15-7-6-12(8-13(15)18)20-16(14(9-19-20)21(22)23)10-2-4-11(17)5-3-10/h2-9H,1H3. The summed E-state index contributed by atoms with van der Waals surface area (Å²) in [7, 11) is -3.73. The van der Waals surface area contributed by atoms with E-state index >= 15 is 0 Å². The summed E-state index contributed by atoms with van der Waals surface area (Å²) in [5, 5.41) is 15.3. The van der Waals surface area contributed by atoms with Crippen LogP contribution in [0.25, 0.3) is 16.9 Å². The van der Waals surface area contributed by atoms with Crippen LogP contribution in [-0.2, 0) is 9.84 Å². The Morgan fingerprint density at radius 2 is 1.85 bits per heavy atom. The average Bonchev–Trinajstić information content (AvgIpc) is 2.99. The Morgan fingerprint density at radius 3 is 2.38 bits per heavy atom. The molecule has 0 saturated heterocycles. The van der Waals surface area contributed by atoms with Gasteiger partial charge >= 0.3 is 5.69 Å². The maximum Gasteiger partial charge on any atom is 0.315 e. The fraction of sp³-hybridized carbons (Fsp3) is 0.0625. The molecule has 0 atom stereocenters. The van der Waals surface area contributed by atoms with E-state index in [1.165, 1.54) is 10.7 Å². The van der Waals surface area contributed by atoms with Crippen LogP contribution in [0.1, 0.15) is 0 Å². The Hall–Kier alpha value is -2.59. The molecule has 0 N–H and O–H groups in total. The highest BCUT2D eigenvalue weighted by Gasteiger charge is 2.24. The number of hydrogen-bond acceptors (Lipinski definition) is 5. The third-order valence-corrected chi connectivity index (χ3v) is 5.28. The minimum atomic E-state index is -3.73. The van der Waals surface area contributed by atoms with E-state index in [0.717, 1.165) is 29.1 Å². The van der Waals surface area contributed by atoms with Crippen molar-refractivity contribution in [2.24, 2.45) is 0 Å². The van der Waals surface area contributed by atoms with Crippen LogP contribution in [0.4, 0.5) is 10.1 Å². The molecule has 134 valence electrons. The lowest BCUT2D eigenvalue weighted by atomic mass is 10.1. The van der Waals surface area contributed by atoms with Gasteiger partial charge < -0.3 is 0 Å². The molecule has 2 aromatic carbocycles. The number of benzene rings is 2. The van der Waals surface area contributed by atoms with E-state index < -0.39 is 25.5 Å². The number of nitro groups is 1. The Bertz CT molecular complexity index is 1110. The number of aromatic nitrogens is 2. The summed E-state index contributed by atoms with van der Waals surface area (Å²) in [6.45, 7) is 0. The molecule has 0 saturated carbocycles. The highest BCUT2D eigenvalue weighted by molar-refractivity contribution is 9.10. The molecule has 3 aromatic rings. The van der Waals surface area contributed by atoms with Crippen molar-refractivity contribution < 1.29 is 17.7 Å². The summed E-state index contributed by atoms with van der Waals surface area (Å²) in [5.74, 6) is -0.954. The van der Waals surface area contributed by atoms with Gasteiger partial charge in [0, 0.05) is 22.4 Å². The van der Waals surface area contributed by atoms with Gasteiger partial charge in [-0.15, -0.1) is 0 Å². The molecule has 0 aliphatic rings. The van der Waals surface area contributed by atoms with Gasteiger partial charge in [0.15, 0.2) is 15.5 Å². The van der Waals surface area contributed by atoms with E-state index in [1.807, 2.05) is 0 Å². The summed E-state index contributed by atoms with van der Waals surface area (Å²) < 4.78 is 39.3. The predicted octanol–water partition coefficient (Wildman–Crippen LogP) is 3.75. The molecular weight excluding hydrogens is 429 g/mol. The lowest BCUT2D eigenvalue weighted by Gasteiger charge is -2.09. The second-order valence-corrected chi connectivity index (χ2v) is 8.34. The average molecular weight is 440 g/mol. The second-order valence-electron chi connectivity index (χ2n) is 5.44. The van der Waals surface area contributed by atoms with Crippen molar-refractivity contribution in [1.82, 2.24) is 9.78 Å². The van der Waals surface area contributed by atoms with Gasteiger partial charge in [0.2, 0.25) is 0 Å². The highest BCUT2D eigenvalue weighted by Crippen LogP contribution is 2.33. The fourth-order valence-electron chi connectivity index (χ4n) is 2.47. The molecule has 0 aliphatic heterocycles. The van der Waals surface area contributed by atoms with Crippen LogP contribution >= 0.6 is 15.9 Å². The lowest BCUT2D eigenvalue weighted by molar-refractivity contribution is -0.384. The topological polar surface area (TPSA) is 95.1 Å². The van der Waals surface area contributed by atoms with Crippen molar-refractivity contribution >= 4 is 31.5 Å². The first-order valence-corrected chi connectivity index (χ1v) is 9.85. The van der Waals surface area contributed by atoms with Crippen molar-refractivity contribution in [2.75, 3.05) is 6.26 Å². The molecule has 0 radical (unpaired) electrons. The molecule has 0 spiro atoms. The molecular formula is C16H11BrFN3O4S. The maximum absolute atomic E-state index is 14.2. The number of rotatable bonds is 4. The monoisotopic (exact) mass is 439 g/mol. The van der Waals surface area contributed by atoms with E-state index in [1.54, 1.807) is 24.3 Å². The first-order valence-electron chi connectivity index (χ1n) is 7.17. The summed E-state index contributed by atoms with van der Waals surface area (Å²) in [6, 6.07) is 10.2. The van der Waals surface area contributed by atoms with Gasteiger partial charge in [-0.05, 0) is 24.3 Å². The zero-order valence-electron chi connectivity index (χ0n) is 13.3. The third-order valence-electron chi connectivity index (χ3n) is 3.62. The summed E-state index contributed by atoms with van der Waals surface area (Å²) in [6.07, 6.45) is 1.97. The molecule has 0 unspecified atom stereocenters. The fourth-order valence-corrected chi connectivity index (χ4v) is 3.46. The summed E-state index contributed by atoms with van der Waals surface area (Å²) in [5.41, 5.74) is 0.583. The first-order chi connectivity index (χ1) is 12.2. The molecule has 0 bridgehead atoms. The summed E-state index contributed by atoms with van der Waals surface area (Å²) in [4.78, 5) is 10.3. The smallest absolute Gasteiger partial charge is 0.258 e. The van der Waals surface area contributed by atoms with Crippen LogP contribution in [0.5, 0.6) is 0 Å². The van der Waals surface area contributed by atoms with E-state index in [-0.39, 0.29) is 17.1 Å². The van der Waals surface area contributed by atoms with Crippen molar-refractivity contribution in [3.63, 3.8) is 0 Å². The van der Waals surface area contributed by atoms with Crippen molar-refractivity contribution in [2.45, 2.75) is 4.90 Å². The molecule has 26 heavy (non-hydrogen) atoms.